The van der Waals surface area contributed by atoms with Crippen molar-refractivity contribution in [1.82, 2.24) is 0 Å². The molecule has 32 heavy (non-hydrogen) atoms. The SMILES string of the molecule is CCc1cc(C=NCCN=Cc2cc(CC)cc(C(C)(C)C)c2O)c(O)c(C(C)(C)C)c1. The second kappa shape index (κ2) is 10.3. The van der Waals surface area contributed by atoms with Crippen molar-refractivity contribution in [3.8, 4) is 11.5 Å². The van der Waals surface area contributed by atoms with Gasteiger partial charge in [0.25, 0.3) is 0 Å². The summed E-state index contributed by atoms with van der Waals surface area (Å²) in [6.07, 6.45) is 5.30. The van der Waals surface area contributed by atoms with E-state index in [9.17, 15) is 10.2 Å². The van der Waals surface area contributed by atoms with E-state index in [0.717, 1.165) is 35.1 Å². The zero-order valence-corrected chi connectivity index (χ0v) is 21.1. The Morgan fingerprint density at radius 3 is 1.28 bits per heavy atom. The number of aliphatic imine (C=N–C) groups is 2. The van der Waals surface area contributed by atoms with E-state index < -0.39 is 0 Å². The zero-order valence-electron chi connectivity index (χ0n) is 21.1. The van der Waals surface area contributed by atoms with Gasteiger partial charge in [0.1, 0.15) is 11.5 Å². The van der Waals surface area contributed by atoms with Crippen LogP contribution in [0.25, 0.3) is 0 Å². The van der Waals surface area contributed by atoms with E-state index >= 15 is 0 Å². The third-order valence-electron chi connectivity index (χ3n) is 5.65. The van der Waals surface area contributed by atoms with Crippen molar-refractivity contribution >= 4 is 12.4 Å². The quantitative estimate of drug-likeness (QED) is 0.392. The van der Waals surface area contributed by atoms with Gasteiger partial charge in [0.2, 0.25) is 0 Å². The van der Waals surface area contributed by atoms with Gasteiger partial charge in [-0.3, -0.25) is 9.98 Å². The first-order chi connectivity index (χ1) is 14.9. The van der Waals surface area contributed by atoms with Crippen LogP contribution in [0.1, 0.15) is 88.8 Å². The Balaban J connectivity index is 2.15. The maximum Gasteiger partial charge on any atom is 0.128 e. The van der Waals surface area contributed by atoms with Gasteiger partial charge in [0.05, 0.1) is 13.1 Å². The Morgan fingerprint density at radius 2 is 1.00 bits per heavy atom. The molecule has 174 valence electrons. The maximum atomic E-state index is 10.7. The Labute approximate surface area is 194 Å². The summed E-state index contributed by atoms with van der Waals surface area (Å²) in [5.74, 6) is 0.607. The number of aromatic hydroxyl groups is 2. The molecule has 2 aromatic rings. The average Bonchev–Trinajstić information content (AvgIpc) is 2.70. The minimum atomic E-state index is -0.136. The van der Waals surface area contributed by atoms with Crippen LogP contribution in [0.3, 0.4) is 0 Å². The lowest BCUT2D eigenvalue weighted by Crippen LogP contribution is -2.13. The van der Waals surface area contributed by atoms with E-state index in [2.05, 4.69) is 77.5 Å². The molecule has 0 aromatic heterocycles. The molecule has 2 rings (SSSR count). The van der Waals surface area contributed by atoms with Crippen LogP contribution in [-0.2, 0) is 23.7 Å². The molecule has 0 heterocycles. The van der Waals surface area contributed by atoms with Crippen LogP contribution in [-0.4, -0.2) is 35.7 Å². The number of rotatable bonds is 7. The smallest absolute Gasteiger partial charge is 0.128 e. The van der Waals surface area contributed by atoms with Crippen molar-refractivity contribution in [2.45, 2.75) is 79.1 Å². The minimum Gasteiger partial charge on any atom is -0.507 e. The number of hydrogen-bond donors (Lipinski definition) is 2. The highest BCUT2D eigenvalue weighted by Gasteiger charge is 2.21. The first kappa shape index (κ1) is 25.6. The van der Waals surface area contributed by atoms with Gasteiger partial charge in [-0.1, -0.05) is 67.5 Å². The van der Waals surface area contributed by atoms with Gasteiger partial charge in [-0.05, 0) is 46.9 Å². The summed E-state index contributed by atoms with van der Waals surface area (Å²) in [6.45, 7) is 17.9. The predicted molar refractivity (Wildman–Crippen MR) is 137 cm³/mol. The predicted octanol–water partition coefficient (Wildman–Crippen LogP) is 6.36. The number of nitrogens with zero attached hydrogens (tertiary/aromatic N) is 2. The molecule has 0 saturated heterocycles. The summed E-state index contributed by atoms with van der Waals surface area (Å²) < 4.78 is 0. The number of phenols is 2. The molecule has 0 spiro atoms. The molecule has 2 aromatic carbocycles. The van der Waals surface area contributed by atoms with Crippen LogP contribution >= 0.6 is 0 Å². The number of aryl methyl sites for hydroxylation is 2. The van der Waals surface area contributed by atoms with Gasteiger partial charge < -0.3 is 10.2 Å². The highest BCUT2D eigenvalue weighted by Crippen LogP contribution is 2.35. The average molecular weight is 437 g/mol. The second-order valence-electron chi connectivity index (χ2n) is 10.4. The van der Waals surface area contributed by atoms with Crippen molar-refractivity contribution in [3.63, 3.8) is 0 Å². The van der Waals surface area contributed by atoms with Gasteiger partial charge >= 0.3 is 0 Å². The lowest BCUT2D eigenvalue weighted by Gasteiger charge is -2.22. The summed E-state index contributed by atoms with van der Waals surface area (Å²) in [7, 11) is 0. The molecule has 0 amide bonds. The number of hydrogen-bond acceptors (Lipinski definition) is 4. The molecule has 0 fully saturated rings. The normalized spacial score (nSPS) is 12.9. The topological polar surface area (TPSA) is 65.2 Å². The number of benzene rings is 2. The van der Waals surface area contributed by atoms with Crippen LogP contribution in [0.5, 0.6) is 11.5 Å². The molecule has 0 atom stereocenters. The zero-order chi connectivity index (χ0) is 24.1. The van der Waals surface area contributed by atoms with Gasteiger partial charge in [0.15, 0.2) is 0 Å². The van der Waals surface area contributed by atoms with Crippen LogP contribution in [0.2, 0.25) is 0 Å². The molecule has 0 aliphatic rings. The largest absolute Gasteiger partial charge is 0.507 e. The van der Waals surface area contributed by atoms with Crippen molar-refractivity contribution in [2.24, 2.45) is 9.98 Å². The van der Waals surface area contributed by atoms with E-state index in [1.54, 1.807) is 12.4 Å². The fourth-order valence-electron chi connectivity index (χ4n) is 3.63. The summed E-state index contributed by atoms with van der Waals surface area (Å²) in [4.78, 5) is 8.97. The van der Waals surface area contributed by atoms with Gasteiger partial charge in [0, 0.05) is 34.7 Å². The van der Waals surface area contributed by atoms with Gasteiger partial charge in [-0.2, -0.15) is 0 Å². The highest BCUT2D eigenvalue weighted by molar-refractivity contribution is 5.85. The first-order valence-corrected chi connectivity index (χ1v) is 11.6. The molecule has 0 aliphatic heterocycles. The minimum absolute atomic E-state index is 0.136. The number of phenolic OH excluding ortho intramolecular Hbond substituents is 2. The Hall–Kier alpha value is -2.62. The van der Waals surface area contributed by atoms with Gasteiger partial charge in [-0.15, -0.1) is 0 Å². The van der Waals surface area contributed by atoms with Crippen molar-refractivity contribution in [3.05, 3.63) is 57.6 Å². The maximum absolute atomic E-state index is 10.7. The van der Waals surface area contributed by atoms with E-state index in [1.165, 1.54) is 11.1 Å². The fourth-order valence-corrected chi connectivity index (χ4v) is 3.63. The first-order valence-electron chi connectivity index (χ1n) is 11.6. The summed E-state index contributed by atoms with van der Waals surface area (Å²) in [6, 6.07) is 8.17. The van der Waals surface area contributed by atoms with Crippen LogP contribution in [0, 0.1) is 0 Å². The third kappa shape index (κ3) is 6.44. The van der Waals surface area contributed by atoms with E-state index in [0.29, 0.717) is 24.6 Å². The molecule has 0 bridgehead atoms. The molecule has 4 heteroatoms. The molecule has 0 aliphatic carbocycles. The summed E-state index contributed by atoms with van der Waals surface area (Å²) >= 11 is 0. The van der Waals surface area contributed by atoms with Crippen LogP contribution < -0.4 is 0 Å². The summed E-state index contributed by atoms with van der Waals surface area (Å²) in [5, 5.41) is 21.4. The van der Waals surface area contributed by atoms with Crippen LogP contribution in [0.4, 0.5) is 0 Å². The van der Waals surface area contributed by atoms with Crippen molar-refractivity contribution in [1.29, 1.82) is 0 Å². The molecular weight excluding hydrogens is 396 g/mol. The van der Waals surface area contributed by atoms with Crippen LogP contribution in [0.15, 0.2) is 34.3 Å². The Morgan fingerprint density at radius 1 is 0.656 bits per heavy atom. The monoisotopic (exact) mass is 436 g/mol. The Bertz CT molecular complexity index is 908. The Kier molecular flexibility index (Phi) is 8.28. The highest BCUT2D eigenvalue weighted by atomic mass is 16.3. The second-order valence-corrected chi connectivity index (χ2v) is 10.4. The fraction of sp³-hybridized carbons (Fsp3) is 0.500. The van der Waals surface area contributed by atoms with E-state index in [1.807, 2.05) is 12.1 Å². The summed E-state index contributed by atoms with van der Waals surface area (Å²) in [5.41, 5.74) is 5.49. The molecule has 2 N–H and O–H groups in total. The lowest BCUT2D eigenvalue weighted by atomic mass is 9.84. The lowest BCUT2D eigenvalue weighted by molar-refractivity contribution is 0.444. The molecule has 0 radical (unpaired) electrons. The third-order valence-corrected chi connectivity index (χ3v) is 5.65. The molecule has 0 saturated carbocycles. The molecule has 4 nitrogen and oxygen atoms in total. The van der Waals surface area contributed by atoms with Crippen molar-refractivity contribution in [2.75, 3.05) is 13.1 Å². The van der Waals surface area contributed by atoms with Gasteiger partial charge in [-0.25, -0.2) is 0 Å². The van der Waals surface area contributed by atoms with E-state index in [4.69, 9.17) is 0 Å². The molecule has 0 unspecified atom stereocenters. The van der Waals surface area contributed by atoms with Crippen molar-refractivity contribution < 1.29 is 10.2 Å². The van der Waals surface area contributed by atoms with E-state index in [-0.39, 0.29) is 10.8 Å². The standard InChI is InChI=1S/C28H40N2O2/c1-9-19-13-21(25(31)23(15-19)27(3,4)5)17-29-11-12-30-18-22-14-20(10-2)16-24(26(22)32)28(6,7)8/h13-18,31-32H,9-12H2,1-8H3. The molecular formula is C28H40N2O2.